The van der Waals surface area contributed by atoms with Crippen LogP contribution in [0.3, 0.4) is 0 Å². The lowest BCUT2D eigenvalue weighted by Gasteiger charge is -2.32. The molecule has 2 heterocycles. The van der Waals surface area contributed by atoms with E-state index in [1.807, 2.05) is 0 Å². The van der Waals surface area contributed by atoms with Crippen LogP contribution in [0, 0.1) is 5.92 Å². The van der Waals surface area contributed by atoms with Crippen molar-refractivity contribution in [3.05, 3.63) is 16.3 Å². The number of hydrogen-bond acceptors (Lipinski definition) is 5. The van der Waals surface area contributed by atoms with E-state index in [9.17, 15) is 14.4 Å². The van der Waals surface area contributed by atoms with Crippen LogP contribution in [-0.2, 0) is 9.59 Å². The molecule has 0 saturated carbocycles. The Balaban J connectivity index is 1.96. The van der Waals surface area contributed by atoms with E-state index in [1.165, 1.54) is 28.2 Å². The Bertz CT molecular complexity index is 600. The van der Waals surface area contributed by atoms with Gasteiger partial charge in [0.1, 0.15) is 10.6 Å². The van der Waals surface area contributed by atoms with Crippen molar-refractivity contribution < 1.29 is 24.2 Å². The van der Waals surface area contributed by atoms with Gasteiger partial charge in [0.15, 0.2) is 0 Å². The van der Waals surface area contributed by atoms with E-state index in [0.717, 1.165) is 0 Å². The SMILES string of the molecule is COc1ccsc1C(=O)N(C)CC(=O)N1CCCC(C(=O)O)C1. The number of methoxy groups -OCH3 is 1. The molecule has 0 radical (unpaired) electrons. The summed E-state index contributed by atoms with van der Waals surface area (Å²) in [6.45, 7) is 0.664. The standard InChI is InChI=1S/C15H20N2O5S/c1-16(14(19)13-11(22-2)5-7-23-13)9-12(18)17-6-3-4-10(8-17)15(20)21/h5,7,10H,3-4,6,8-9H2,1-2H3,(H,20,21). The molecule has 1 N–H and O–H groups in total. The van der Waals surface area contributed by atoms with Crippen LogP contribution >= 0.6 is 11.3 Å². The molecule has 2 rings (SSSR count). The van der Waals surface area contributed by atoms with Gasteiger partial charge in [-0.05, 0) is 24.3 Å². The number of aliphatic carboxylic acids is 1. The Morgan fingerprint density at radius 1 is 1.48 bits per heavy atom. The molecule has 1 aliphatic rings. The maximum Gasteiger partial charge on any atom is 0.308 e. The highest BCUT2D eigenvalue weighted by Gasteiger charge is 2.29. The number of rotatable bonds is 5. The maximum atomic E-state index is 12.4. The largest absolute Gasteiger partial charge is 0.495 e. The predicted molar refractivity (Wildman–Crippen MR) is 84.8 cm³/mol. The summed E-state index contributed by atoms with van der Waals surface area (Å²) in [5.74, 6) is -1.43. The highest BCUT2D eigenvalue weighted by atomic mass is 32.1. The first-order valence-corrected chi connectivity index (χ1v) is 8.19. The van der Waals surface area contributed by atoms with Gasteiger partial charge in [-0.1, -0.05) is 0 Å². The van der Waals surface area contributed by atoms with Crippen LogP contribution in [0.25, 0.3) is 0 Å². The number of thiophene rings is 1. The molecule has 0 aliphatic carbocycles. The van der Waals surface area contributed by atoms with Gasteiger partial charge in [-0.15, -0.1) is 11.3 Å². The topological polar surface area (TPSA) is 87.2 Å². The summed E-state index contributed by atoms with van der Waals surface area (Å²) in [6, 6.07) is 1.70. The Labute approximate surface area is 138 Å². The fraction of sp³-hybridized carbons (Fsp3) is 0.533. The lowest BCUT2D eigenvalue weighted by Crippen LogP contribution is -2.46. The maximum absolute atomic E-state index is 12.4. The molecule has 7 nitrogen and oxygen atoms in total. The molecule has 1 atom stereocenters. The van der Waals surface area contributed by atoms with Gasteiger partial charge in [0.25, 0.3) is 5.91 Å². The van der Waals surface area contributed by atoms with Gasteiger partial charge in [-0.3, -0.25) is 14.4 Å². The zero-order valence-corrected chi connectivity index (χ0v) is 14.0. The Morgan fingerprint density at radius 3 is 2.87 bits per heavy atom. The first-order chi connectivity index (χ1) is 10.9. The van der Waals surface area contributed by atoms with Gasteiger partial charge < -0.3 is 19.6 Å². The molecule has 23 heavy (non-hydrogen) atoms. The molecule has 1 aromatic rings. The van der Waals surface area contributed by atoms with Gasteiger partial charge in [-0.2, -0.15) is 0 Å². The summed E-state index contributed by atoms with van der Waals surface area (Å²) < 4.78 is 5.12. The number of likely N-dealkylation sites (tertiary alicyclic amines) is 1. The van der Waals surface area contributed by atoms with Crippen LogP contribution in [0.15, 0.2) is 11.4 Å². The molecular weight excluding hydrogens is 320 g/mol. The number of ether oxygens (including phenoxy) is 1. The zero-order chi connectivity index (χ0) is 17.0. The minimum absolute atomic E-state index is 0.0772. The minimum atomic E-state index is -0.879. The number of nitrogens with zero attached hydrogens (tertiary/aromatic N) is 2. The normalized spacial score (nSPS) is 17.7. The first kappa shape index (κ1) is 17.3. The van der Waals surface area contributed by atoms with Gasteiger partial charge in [0.2, 0.25) is 5.91 Å². The molecule has 2 amide bonds. The van der Waals surface area contributed by atoms with E-state index in [-0.39, 0.29) is 24.9 Å². The molecule has 8 heteroatoms. The van der Waals surface area contributed by atoms with Gasteiger partial charge >= 0.3 is 5.97 Å². The number of carboxylic acids is 1. The van der Waals surface area contributed by atoms with Crippen LogP contribution in [0.4, 0.5) is 0 Å². The zero-order valence-electron chi connectivity index (χ0n) is 13.2. The fourth-order valence-corrected chi connectivity index (χ4v) is 3.42. The van der Waals surface area contributed by atoms with E-state index >= 15 is 0 Å². The molecule has 1 unspecified atom stereocenters. The van der Waals surface area contributed by atoms with Gasteiger partial charge in [0, 0.05) is 20.1 Å². The van der Waals surface area contributed by atoms with E-state index in [1.54, 1.807) is 18.5 Å². The Kier molecular flexibility index (Phi) is 5.59. The Morgan fingerprint density at radius 2 is 2.22 bits per heavy atom. The van der Waals surface area contributed by atoms with Crippen molar-refractivity contribution in [2.24, 2.45) is 5.92 Å². The summed E-state index contributed by atoms with van der Waals surface area (Å²) in [5, 5.41) is 10.8. The third-order valence-electron chi connectivity index (χ3n) is 3.89. The average molecular weight is 340 g/mol. The summed E-state index contributed by atoms with van der Waals surface area (Å²) in [5.41, 5.74) is 0. The highest BCUT2D eigenvalue weighted by Crippen LogP contribution is 2.25. The number of carboxylic acid groups (broad SMARTS) is 1. The van der Waals surface area contributed by atoms with E-state index in [4.69, 9.17) is 9.84 Å². The van der Waals surface area contributed by atoms with Crippen LogP contribution in [-0.4, -0.2) is 66.5 Å². The lowest BCUT2D eigenvalue weighted by molar-refractivity contribution is -0.145. The number of carbonyl (C=O) groups is 3. The summed E-state index contributed by atoms with van der Waals surface area (Å²) in [4.78, 5) is 39.1. The van der Waals surface area contributed by atoms with Gasteiger partial charge in [-0.25, -0.2) is 0 Å². The third-order valence-corrected chi connectivity index (χ3v) is 4.77. The van der Waals surface area contributed by atoms with Crippen LogP contribution in [0.2, 0.25) is 0 Å². The second kappa shape index (κ2) is 7.45. The predicted octanol–water partition coefficient (Wildman–Crippen LogP) is 1.15. The first-order valence-electron chi connectivity index (χ1n) is 7.31. The van der Waals surface area contributed by atoms with E-state index in [2.05, 4.69) is 0 Å². The molecule has 0 aromatic carbocycles. The van der Waals surface area contributed by atoms with Crippen LogP contribution in [0.5, 0.6) is 5.75 Å². The number of piperidine rings is 1. The molecule has 1 aliphatic heterocycles. The summed E-state index contributed by atoms with van der Waals surface area (Å²) in [6.07, 6.45) is 1.25. The lowest BCUT2D eigenvalue weighted by atomic mass is 9.98. The molecule has 1 aromatic heterocycles. The smallest absolute Gasteiger partial charge is 0.308 e. The Hall–Kier alpha value is -2.09. The third kappa shape index (κ3) is 4.01. The van der Waals surface area contributed by atoms with Crippen molar-refractivity contribution in [3.63, 3.8) is 0 Å². The summed E-state index contributed by atoms with van der Waals surface area (Å²) >= 11 is 1.26. The molecular formula is C15H20N2O5S. The van der Waals surface area contributed by atoms with E-state index in [0.29, 0.717) is 30.0 Å². The van der Waals surface area contributed by atoms with Crippen molar-refractivity contribution in [2.45, 2.75) is 12.8 Å². The van der Waals surface area contributed by atoms with Gasteiger partial charge in [0.05, 0.1) is 19.6 Å². The molecule has 1 saturated heterocycles. The molecule has 0 bridgehead atoms. The second-order valence-electron chi connectivity index (χ2n) is 5.50. The molecule has 1 fully saturated rings. The quantitative estimate of drug-likeness (QED) is 0.869. The monoisotopic (exact) mass is 340 g/mol. The summed E-state index contributed by atoms with van der Waals surface area (Å²) in [7, 11) is 3.04. The average Bonchev–Trinajstić information content (AvgIpc) is 3.02. The highest BCUT2D eigenvalue weighted by molar-refractivity contribution is 7.12. The minimum Gasteiger partial charge on any atom is -0.495 e. The van der Waals surface area contributed by atoms with Crippen molar-refractivity contribution in [1.82, 2.24) is 9.80 Å². The van der Waals surface area contributed by atoms with Crippen molar-refractivity contribution >= 4 is 29.1 Å². The fourth-order valence-electron chi connectivity index (χ4n) is 2.57. The van der Waals surface area contributed by atoms with Crippen molar-refractivity contribution in [2.75, 3.05) is 33.8 Å². The van der Waals surface area contributed by atoms with Crippen molar-refractivity contribution in [1.29, 1.82) is 0 Å². The number of amides is 2. The van der Waals surface area contributed by atoms with E-state index < -0.39 is 11.9 Å². The van der Waals surface area contributed by atoms with Crippen molar-refractivity contribution in [3.8, 4) is 5.75 Å². The van der Waals surface area contributed by atoms with Crippen LogP contribution < -0.4 is 4.74 Å². The molecule has 0 spiro atoms. The number of hydrogen-bond donors (Lipinski definition) is 1. The second-order valence-corrected chi connectivity index (χ2v) is 6.41. The van der Waals surface area contributed by atoms with Crippen LogP contribution in [0.1, 0.15) is 22.5 Å². The number of carbonyl (C=O) groups excluding carboxylic acids is 2. The molecule has 126 valence electrons. The number of likely N-dealkylation sites (N-methyl/N-ethyl adjacent to an activating group) is 1.